The van der Waals surface area contributed by atoms with Gasteiger partial charge >= 0.3 is 0 Å². The van der Waals surface area contributed by atoms with Crippen molar-refractivity contribution in [3.05, 3.63) is 28.3 Å². The van der Waals surface area contributed by atoms with E-state index >= 15 is 0 Å². The molecule has 0 heterocycles. The minimum absolute atomic E-state index is 0.596. The summed E-state index contributed by atoms with van der Waals surface area (Å²) in [6.07, 6.45) is 0. The smallest absolute Gasteiger partial charge is 0.119 e. The van der Waals surface area contributed by atoms with E-state index in [9.17, 15) is 5.11 Å². The summed E-state index contributed by atoms with van der Waals surface area (Å²) in [7, 11) is 1.59. The second-order valence-electron chi connectivity index (χ2n) is 3.86. The molecule has 0 atom stereocenters. The van der Waals surface area contributed by atoms with E-state index in [2.05, 4.69) is 0 Å². The Labute approximate surface area is 89.5 Å². The normalized spacial score (nSPS) is 11.6. The molecule has 0 aliphatic rings. The number of aryl methyl sites for hydroxylation is 1. The molecule has 0 bridgehead atoms. The molecule has 0 unspecified atom stereocenters. The predicted molar refractivity (Wildman–Crippen MR) is 58.0 cm³/mol. The predicted octanol–water partition coefficient (Wildman–Crippen LogP) is 2.88. The average Bonchev–Trinajstić information content (AvgIpc) is 2.07. The zero-order valence-electron chi connectivity index (χ0n) is 8.89. The molecule has 0 fully saturated rings. The summed E-state index contributed by atoms with van der Waals surface area (Å²) in [5, 5.41) is 10.5. The summed E-state index contributed by atoms with van der Waals surface area (Å²) in [5.41, 5.74) is 0.648. The third kappa shape index (κ3) is 2.20. The molecule has 1 aromatic carbocycles. The van der Waals surface area contributed by atoms with Gasteiger partial charge in [0.2, 0.25) is 0 Å². The summed E-state index contributed by atoms with van der Waals surface area (Å²) >= 11 is 6.09. The lowest BCUT2D eigenvalue weighted by atomic mass is 9.96. The van der Waals surface area contributed by atoms with Crippen LogP contribution in [-0.2, 0) is 5.60 Å². The quantitative estimate of drug-likeness (QED) is 0.821. The second kappa shape index (κ2) is 3.79. The summed E-state index contributed by atoms with van der Waals surface area (Å²) in [6, 6.07) is 3.60. The third-order valence-corrected chi connectivity index (χ3v) is 2.62. The van der Waals surface area contributed by atoms with Gasteiger partial charge in [0.15, 0.2) is 0 Å². The number of rotatable bonds is 2. The van der Waals surface area contributed by atoms with Crippen molar-refractivity contribution in [2.45, 2.75) is 26.4 Å². The Morgan fingerprint density at radius 2 is 1.93 bits per heavy atom. The SMILES string of the molecule is COc1cc(C)c(Cl)c(C(C)(C)O)c1. The lowest BCUT2D eigenvalue weighted by Gasteiger charge is -2.21. The Bertz CT molecular complexity index is 340. The molecule has 0 aliphatic heterocycles. The van der Waals surface area contributed by atoms with Crippen LogP contribution in [-0.4, -0.2) is 12.2 Å². The fourth-order valence-electron chi connectivity index (χ4n) is 1.30. The first-order valence-corrected chi connectivity index (χ1v) is 4.81. The molecule has 0 saturated carbocycles. The molecule has 14 heavy (non-hydrogen) atoms. The molecule has 0 radical (unpaired) electrons. The number of aliphatic hydroxyl groups is 1. The van der Waals surface area contributed by atoms with Crippen molar-refractivity contribution in [3.63, 3.8) is 0 Å². The number of benzene rings is 1. The van der Waals surface area contributed by atoms with Crippen LogP contribution < -0.4 is 4.74 Å². The zero-order valence-corrected chi connectivity index (χ0v) is 9.64. The zero-order chi connectivity index (χ0) is 10.9. The monoisotopic (exact) mass is 214 g/mol. The fraction of sp³-hybridized carbons (Fsp3) is 0.455. The summed E-state index contributed by atoms with van der Waals surface area (Å²) < 4.78 is 5.12. The van der Waals surface area contributed by atoms with Gasteiger partial charge in [0.05, 0.1) is 12.7 Å². The van der Waals surface area contributed by atoms with Gasteiger partial charge in [-0.05, 0) is 38.5 Å². The molecule has 0 aromatic heterocycles. The largest absolute Gasteiger partial charge is 0.497 e. The van der Waals surface area contributed by atoms with Gasteiger partial charge in [-0.15, -0.1) is 0 Å². The first kappa shape index (κ1) is 11.3. The highest BCUT2D eigenvalue weighted by atomic mass is 35.5. The van der Waals surface area contributed by atoms with E-state index in [1.165, 1.54) is 0 Å². The Balaban J connectivity index is 3.35. The van der Waals surface area contributed by atoms with Crippen LogP contribution in [0.25, 0.3) is 0 Å². The van der Waals surface area contributed by atoms with Crippen LogP contribution in [0.5, 0.6) is 5.75 Å². The molecule has 1 rings (SSSR count). The van der Waals surface area contributed by atoms with Crippen molar-refractivity contribution >= 4 is 11.6 Å². The van der Waals surface area contributed by atoms with Gasteiger partial charge < -0.3 is 9.84 Å². The maximum Gasteiger partial charge on any atom is 0.119 e. The van der Waals surface area contributed by atoms with Gasteiger partial charge in [0.1, 0.15) is 5.75 Å². The first-order chi connectivity index (χ1) is 6.36. The van der Waals surface area contributed by atoms with Gasteiger partial charge in [0.25, 0.3) is 0 Å². The number of halogens is 1. The molecule has 1 N–H and O–H groups in total. The van der Waals surface area contributed by atoms with Crippen LogP contribution in [0.4, 0.5) is 0 Å². The number of hydrogen-bond acceptors (Lipinski definition) is 2. The van der Waals surface area contributed by atoms with E-state index in [1.807, 2.05) is 13.0 Å². The molecular formula is C11H15ClO2. The van der Waals surface area contributed by atoms with Crippen LogP contribution in [0.15, 0.2) is 12.1 Å². The highest BCUT2D eigenvalue weighted by Crippen LogP contribution is 2.33. The Hall–Kier alpha value is -0.730. The third-order valence-electron chi connectivity index (χ3n) is 2.12. The Kier molecular flexibility index (Phi) is 3.07. The topological polar surface area (TPSA) is 29.5 Å². The van der Waals surface area contributed by atoms with Crippen molar-refractivity contribution in [1.29, 1.82) is 0 Å². The lowest BCUT2D eigenvalue weighted by molar-refractivity contribution is 0.0784. The first-order valence-electron chi connectivity index (χ1n) is 4.43. The van der Waals surface area contributed by atoms with E-state index in [-0.39, 0.29) is 0 Å². The maximum absolute atomic E-state index is 9.87. The van der Waals surface area contributed by atoms with Crippen molar-refractivity contribution in [2.24, 2.45) is 0 Å². The van der Waals surface area contributed by atoms with E-state index in [0.717, 1.165) is 5.56 Å². The van der Waals surface area contributed by atoms with Gasteiger partial charge in [-0.1, -0.05) is 11.6 Å². The molecule has 0 amide bonds. The fourth-order valence-corrected chi connectivity index (χ4v) is 1.64. The van der Waals surface area contributed by atoms with Gasteiger partial charge in [0, 0.05) is 10.6 Å². The van der Waals surface area contributed by atoms with Crippen LogP contribution >= 0.6 is 11.6 Å². The molecule has 1 aromatic rings. The molecule has 0 saturated heterocycles. The van der Waals surface area contributed by atoms with E-state index in [0.29, 0.717) is 16.3 Å². The maximum atomic E-state index is 9.87. The average molecular weight is 215 g/mol. The standard InChI is InChI=1S/C11H15ClO2/c1-7-5-8(14-4)6-9(10(7)12)11(2,3)13/h5-6,13H,1-4H3. The van der Waals surface area contributed by atoms with Gasteiger partial charge in [-0.2, -0.15) is 0 Å². The Morgan fingerprint density at radius 3 is 2.36 bits per heavy atom. The minimum atomic E-state index is -0.948. The van der Waals surface area contributed by atoms with Crippen LogP contribution in [0.1, 0.15) is 25.0 Å². The van der Waals surface area contributed by atoms with Crippen LogP contribution in [0.2, 0.25) is 5.02 Å². The summed E-state index contributed by atoms with van der Waals surface area (Å²) in [6.45, 7) is 5.29. The molecular weight excluding hydrogens is 200 g/mol. The minimum Gasteiger partial charge on any atom is -0.497 e. The lowest BCUT2D eigenvalue weighted by Crippen LogP contribution is -2.16. The molecule has 78 valence electrons. The van der Waals surface area contributed by atoms with Crippen molar-refractivity contribution < 1.29 is 9.84 Å². The number of ether oxygens (including phenoxy) is 1. The number of methoxy groups -OCH3 is 1. The van der Waals surface area contributed by atoms with Crippen LogP contribution in [0, 0.1) is 6.92 Å². The van der Waals surface area contributed by atoms with E-state index < -0.39 is 5.60 Å². The van der Waals surface area contributed by atoms with Crippen molar-refractivity contribution in [1.82, 2.24) is 0 Å². The van der Waals surface area contributed by atoms with Gasteiger partial charge in [-0.3, -0.25) is 0 Å². The van der Waals surface area contributed by atoms with Crippen molar-refractivity contribution in [3.8, 4) is 5.75 Å². The highest BCUT2D eigenvalue weighted by molar-refractivity contribution is 6.32. The summed E-state index contributed by atoms with van der Waals surface area (Å²) in [5.74, 6) is 0.712. The summed E-state index contributed by atoms with van der Waals surface area (Å²) in [4.78, 5) is 0. The highest BCUT2D eigenvalue weighted by Gasteiger charge is 2.21. The van der Waals surface area contributed by atoms with Crippen LogP contribution in [0.3, 0.4) is 0 Å². The molecule has 2 nitrogen and oxygen atoms in total. The number of hydrogen-bond donors (Lipinski definition) is 1. The second-order valence-corrected chi connectivity index (χ2v) is 4.24. The van der Waals surface area contributed by atoms with Gasteiger partial charge in [-0.25, -0.2) is 0 Å². The molecule has 0 aliphatic carbocycles. The Morgan fingerprint density at radius 1 is 1.36 bits per heavy atom. The molecule has 3 heteroatoms. The molecule has 0 spiro atoms. The van der Waals surface area contributed by atoms with E-state index in [4.69, 9.17) is 16.3 Å². The van der Waals surface area contributed by atoms with Crippen molar-refractivity contribution in [2.75, 3.05) is 7.11 Å². The van der Waals surface area contributed by atoms with E-state index in [1.54, 1.807) is 27.0 Å².